The normalized spacial score (nSPS) is 10.3. The van der Waals surface area contributed by atoms with Crippen molar-refractivity contribution in [3.63, 3.8) is 0 Å². The summed E-state index contributed by atoms with van der Waals surface area (Å²) in [6.07, 6.45) is 3.47. The van der Waals surface area contributed by atoms with Crippen LogP contribution in [0.1, 0.15) is 22.5 Å². The summed E-state index contributed by atoms with van der Waals surface area (Å²) >= 11 is 0. The minimum Gasteiger partial charge on any atom is -0.493 e. The lowest BCUT2D eigenvalue weighted by atomic mass is 10.1. The van der Waals surface area contributed by atoms with Crippen LogP contribution >= 0.6 is 0 Å². The molecule has 3 rings (SSSR count). The molecule has 1 amide bonds. The van der Waals surface area contributed by atoms with Crippen LogP contribution in [0, 0.1) is 0 Å². The Labute approximate surface area is 170 Å². The summed E-state index contributed by atoms with van der Waals surface area (Å²) in [6.45, 7) is 0.718. The van der Waals surface area contributed by atoms with Gasteiger partial charge in [0.1, 0.15) is 5.69 Å². The van der Waals surface area contributed by atoms with Gasteiger partial charge in [-0.15, -0.1) is 0 Å². The summed E-state index contributed by atoms with van der Waals surface area (Å²) in [6, 6.07) is 17.0. The number of methoxy groups -OCH3 is 2. The lowest BCUT2D eigenvalue weighted by Crippen LogP contribution is -2.16. The number of hydrogen-bond acceptors (Lipinski definition) is 6. The maximum Gasteiger partial charge on any atom is 0.274 e. The van der Waals surface area contributed by atoms with E-state index in [0.29, 0.717) is 23.1 Å². The van der Waals surface area contributed by atoms with Gasteiger partial charge in [-0.2, -0.15) is 0 Å². The molecule has 2 N–H and O–H groups in total. The minimum absolute atomic E-state index is 0.278. The van der Waals surface area contributed by atoms with Crippen molar-refractivity contribution in [1.29, 1.82) is 0 Å². The van der Waals surface area contributed by atoms with E-state index < -0.39 is 0 Å². The average molecular weight is 392 g/mol. The van der Waals surface area contributed by atoms with E-state index in [0.717, 1.165) is 19.4 Å². The molecule has 0 aliphatic carbocycles. The second-order valence-corrected chi connectivity index (χ2v) is 6.31. The number of rotatable bonds is 9. The lowest BCUT2D eigenvalue weighted by Gasteiger charge is -2.11. The summed E-state index contributed by atoms with van der Waals surface area (Å²) in [5, 5.41) is 5.98. The Morgan fingerprint density at radius 3 is 2.55 bits per heavy atom. The standard InChI is InChI=1S/C22H24N4O3/c1-28-19-11-10-17(15-20(19)29-2)25-21(27)18-12-14-24-22(26-18)23-13-6-9-16-7-4-3-5-8-16/h3-5,7-8,10-12,14-15H,6,9,13H2,1-2H3,(H,25,27)(H,23,24,26). The van der Waals surface area contributed by atoms with Gasteiger partial charge in [0.2, 0.25) is 5.95 Å². The zero-order chi connectivity index (χ0) is 20.5. The molecule has 0 fully saturated rings. The molecule has 0 unspecified atom stereocenters. The van der Waals surface area contributed by atoms with Crippen LogP contribution in [-0.2, 0) is 6.42 Å². The molecule has 0 saturated heterocycles. The Morgan fingerprint density at radius 1 is 1.00 bits per heavy atom. The van der Waals surface area contributed by atoms with E-state index in [9.17, 15) is 4.79 Å². The third kappa shape index (κ3) is 5.68. The fraction of sp³-hybridized carbons (Fsp3) is 0.227. The first kappa shape index (κ1) is 20.1. The topological polar surface area (TPSA) is 85.4 Å². The first-order valence-corrected chi connectivity index (χ1v) is 9.34. The van der Waals surface area contributed by atoms with Crippen LogP contribution in [-0.4, -0.2) is 36.6 Å². The number of anilines is 2. The highest BCUT2D eigenvalue weighted by atomic mass is 16.5. The van der Waals surface area contributed by atoms with Crippen LogP contribution < -0.4 is 20.1 Å². The molecule has 7 heteroatoms. The van der Waals surface area contributed by atoms with Crippen molar-refractivity contribution in [3.05, 3.63) is 72.1 Å². The maximum atomic E-state index is 12.5. The van der Waals surface area contributed by atoms with Crippen molar-refractivity contribution in [3.8, 4) is 11.5 Å². The molecule has 1 heterocycles. The quantitative estimate of drug-likeness (QED) is 0.539. The van der Waals surface area contributed by atoms with Gasteiger partial charge in [-0.25, -0.2) is 9.97 Å². The third-order valence-corrected chi connectivity index (χ3v) is 4.30. The van der Waals surface area contributed by atoms with E-state index in [1.807, 2.05) is 18.2 Å². The number of nitrogens with one attached hydrogen (secondary N) is 2. The van der Waals surface area contributed by atoms with Crippen LogP contribution in [0.15, 0.2) is 60.8 Å². The molecule has 150 valence electrons. The zero-order valence-corrected chi connectivity index (χ0v) is 16.5. The second-order valence-electron chi connectivity index (χ2n) is 6.31. The van der Waals surface area contributed by atoms with Crippen molar-refractivity contribution >= 4 is 17.5 Å². The van der Waals surface area contributed by atoms with Crippen molar-refractivity contribution in [1.82, 2.24) is 9.97 Å². The van der Waals surface area contributed by atoms with Gasteiger partial charge >= 0.3 is 0 Å². The summed E-state index contributed by atoms with van der Waals surface area (Å²) in [5.74, 6) is 1.23. The van der Waals surface area contributed by atoms with Crippen LogP contribution in [0.3, 0.4) is 0 Å². The van der Waals surface area contributed by atoms with Crippen LogP contribution in [0.5, 0.6) is 11.5 Å². The Kier molecular flexibility index (Phi) is 7.00. The fourth-order valence-corrected chi connectivity index (χ4v) is 2.82. The highest BCUT2D eigenvalue weighted by Crippen LogP contribution is 2.29. The SMILES string of the molecule is COc1ccc(NC(=O)c2ccnc(NCCCc3ccccc3)n2)cc1OC. The summed E-state index contributed by atoms with van der Waals surface area (Å²) < 4.78 is 10.5. The molecule has 0 aliphatic heterocycles. The Bertz CT molecular complexity index is 948. The van der Waals surface area contributed by atoms with Gasteiger partial charge in [0.05, 0.1) is 14.2 Å². The predicted molar refractivity (Wildman–Crippen MR) is 113 cm³/mol. The molecule has 0 saturated carbocycles. The number of carbonyl (C=O) groups is 1. The van der Waals surface area contributed by atoms with Gasteiger partial charge in [0, 0.05) is 24.5 Å². The van der Waals surface area contributed by atoms with Crippen molar-refractivity contribution in [2.75, 3.05) is 31.4 Å². The van der Waals surface area contributed by atoms with Gasteiger partial charge in [-0.05, 0) is 36.6 Å². The first-order valence-electron chi connectivity index (χ1n) is 9.34. The molecule has 0 spiro atoms. The van der Waals surface area contributed by atoms with E-state index in [1.165, 1.54) is 5.56 Å². The smallest absolute Gasteiger partial charge is 0.274 e. The monoisotopic (exact) mass is 392 g/mol. The minimum atomic E-state index is -0.327. The van der Waals surface area contributed by atoms with Gasteiger partial charge in [0.15, 0.2) is 11.5 Å². The van der Waals surface area contributed by atoms with E-state index in [-0.39, 0.29) is 11.6 Å². The molecule has 0 bridgehead atoms. The average Bonchev–Trinajstić information content (AvgIpc) is 2.77. The van der Waals surface area contributed by atoms with Crippen molar-refractivity contribution < 1.29 is 14.3 Å². The fourth-order valence-electron chi connectivity index (χ4n) is 2.82. The molecule has 7 nitrogen and oxygen atoms in total. The third-order valence-electron chi connectivity index (χ3n) is 4.30. The number of amides is 1. The van der Waals surface area contributed by atoms with Crippen molar-refractivity contribution in [2.45, 2.75) is 12.8 Å². The molecular formula is C22H24N4O3. The van der Waals surface area contributed by atoms with E-state index in [1.54, 1.807) is 44.7 Å². The largest absolute Gasteiger partial charge is 0.493 e. The zero-order valence-electron chi connectivity index (χ0n) is 16.5. The molecule has 3 aromatic rings. The second kappa shape index (κ2) is 10.1. The Morgan fingerprint density at radius 2 is 1.79 bits per heavy atom. The molecule has 0 atom stereocenters. The predicted octanol–water partition coefficient (Wildman–Crippen LogP) is 3.79. The first-order chi connectivity index (χ1) is 14.2. The molecule has 29 heavy (non-hydrogen) atoms. The molecule has 0 radical (unpaired) electrons. The summed E-state index contributed by atoms with van der Waals surface area (Å²) in [4.78, 5) is 21.0. The number of nitrogens with zero attached hydrogens (tertiary/aromatic N) is 2. The summed E-state index contributed by atoms with van der Waals surface area (Å²) in [5.41, 5.74) is 2.15. The molecular weight excluding hydrogens is 368 g/mol. The maximum absolute atomic E-state index is 12.5. The van der Waals surface area contributed by atoms with Crippen molar-refractivity contribution in [2.24, 2.45) is 0 Å². The number of carbonyl (C=O) groups excluding carboxylic acids is 1. The lowest BCUT2D eigenvalue weighted by molar-refractivity contribution is 0.102. The van der Waals surface area contributed by atoms with Crippen LogP contribution in [0.2, 0.25) is 0 Å². The van der Waals surface area contributed by atoms with Gasteiger partial charge < -0.3 is 20.1 Å². The highest BCUT2D eigenvalue weighted by molar-refractivity contribution is 6.03. The number of aryl methyl sites for hydroxylation is 1. The number of benzene rings is 2. The number of aromatic nitrogens is 2. The van der Waals surface area contributed by atoms with Crippen LogP contribution in [0.4, 0.5) is 11.6 Å². The summed E-state index contributed by atoms with van der Waals surface area (Å²) in [7, 11) is 3.11. The molecule has 0 aliphatic rings. The van der Waals surface area contributed by atoms with E-state index in [2.05, 4.69) is 32.7 Å². The van der Waals surface area contributed by atoms with E-state index in [4.69, 9.17) is 9.47 Å². The molecule has 2 aromatic carbocycles. The van der Waals surface area contributed by atoms with Crippen LogP contribution in [0.25, 0.3) is 0 Å². The van der Waals surface area contributed by atoms with Gasteiger partial charge in [-0.1, -0.05) is 30.3 Å². The van der Waals surface area contributed by atoms with E-state index >= 15 is 0 Å². The number of ether oxygens (including phenoxy) is 2. The highest BCUT2D eigenvalue weighted by Gasteiger charge is 2.11. The van der Waals surface area contributed by atoms with Gasteiger partial charge in [0.25, 0.3) is 5.91 Å². The number of hydrogen-bond donors (Lipinski definition) is 2. The molecule has 1 aromatic heterocycles. The Balaban J connectivity index is 1.56. The Hall–Kier alpha value is -3.61. The van der Waals surface area contributed by atoms with Gasteiger partial charge in [-0.3, -0.25) is 4.79 Å².